The Morgan fingerprint density at radius 2 is 1.67 bits per heavy atom. The molecule has 0 fully saturated rings. The van der Waals surface area contributed by atoms with E-state index in [-0.39, 0.29) is 5.78 Å². The second kappa shape index (κ2) is 10.6. The minimum absolute atomic E-state index is 0.0494. The van der Waals surface area contributed by atoms with E-state index in [9.17, 15) is 10.1 Å². The van der Waals surface area contributed by atoms with Gasteiger partial charge in [0.2, 0.25) is 0 Å². The normalized spacial score (nSPS) is 11.9. The van der Waals surface area contributed by atoms with E-state index in [2.05, 4.69) is 28.9 Å². The number of unbranched alkanes of at least 4 members (excludes halogenated alkanes) is 6. The summed E-state index contributed by atoms with van der Waals surface area (Å²) in [6, 6.07) is 9.59. The second-order valence-electron chi connectivity index (χ2n) is 5.45. The Bertz CT molecular complexity index is 461. The number of rotatable bonds is 10. The molecular formula is C18H24BrNO. The number of hydrogen-bond acceptors (Lipinski definition) is 2. The average Bonchev–Trinajstić information content (AvgIpc) is 2.49. The van der Waals surface area contributed by atoms with Gasteiger partial charge in [-0.25, -0.2) is 0 Å². The van der Waals surface area contributed by atoms with Gasteiger partial charge in [-0.1, -0.05) is 73.5 Å². The molecule has 0 radical (unpaired) electrons. The van der Waals surface area contributed by atoms with Gasteiger partial charge in [0.25, 0.3) is 0 Å². The third-order valence-electron chi connectivity index (χ3n) is 3.68. The summed E-state index contributed by atoms with van der Waals surface area (Å²) < 4.78 is 0.961. The maximum atomic E-state index is 12.2. The molecule has 0 aliphatic rings. The smallest absolute Gasteiger partial charge is 0.154 e. The molecule has 1 atom stereocenters. The number of Topliss-reactive ketones (excluding diaryl/α,β-unsaturated/α-hetero) is 1. The maximum Gasteiger partial charge on any atom is 0.154 e. The number of benzene rings is 1. The minimum atomic E-state index is -0.613. The van der Waals surface area contributed by atoms with E-state index in [1.54, 1.807) is 0 Å². The van der Waals surface area contributed by atoms with Crippen LogP contribution in [0.1, 0.15) is 69.8 Å². The molecular weight excluding hydrogens is 326 g/mol. The Hall–Kier alpha value is -1.14. The third kappa shape index (κ3) is 6.91. The quantitative estimate of drug-likeness (QED) is 0.503. The van der Waals surface area contributed by atoms with Crippen molar-refractivity contribution in [2.45, 2.75) is 64.2 Å². The lowest BCUT2D eigenvalue weighted by Gasteiger charge is -2.08. The van der Waals surface area contributed by atoms with Gasteiger partial charge in [-0.3, -0.25) is 4.79 Å². The molecule has 1 rings (SSSR count). The van der Waals surface area contributed by atoms with Gasteiger partial charge in [-0.05, 0) is 24.1 Å². The van der Waals surface area contributed by atoms with Gasteiger partial charge in [-0.15, -0.1) is 0 Å². The molecule has 1 aromatic carbocycles. The molecule has 0 saturated carbocycles. The van der Waals surface area contributed by atoms with Gasteiger partial charge < -0.3 is 0 Å². The van der Waals surface area contributed by atoms with Crippen LogP contribution in [0.4, 0.5) is 0 Å². The van der Waals surface area contributed by atoms with Crippen LogP contribution in [0.3, 0.4) is 0 Å². The zero-order chi connectivity index (χ0) is 15.5. The van der Waals surface area contributed by atoms with Crippen LogP contribution >= 0.6 is 15.9 Å². The fraction of sp³-hybridized carbons (Fsp3) is 0.556. The SMILES string of the molecule is CCCCCCCCCC(=O)C(C#N)c1ccc(Br)cc1. The summed E-state index contributed by atoms with van der Waals surface area (Å²) in [4.78, 5) is 12.2. The summed E-state index contributed by atoms with van der Waals surface area (Å²) >= 11 is 3.36. The molecule has 0 aliphatic carbocycles. The average molecular weight is 350 g/mol. The van der Waals surface area contributed by atoms with Crippen molar-refractivity contribution >= 4 is 21.7 Å². The first kappa shape index (κ1) is 17.9. The van der Waals surface area contributed by atoms with Crippen LogP contribution in [-0.4, -0.2) is 5.78 Å². The largest absolute Gasteiger partial charge is 0.298 e. The Kier molecular flexibility index (Phi) is 9.01. The lowest BCUT2D eigenvalue weighted by Crippen LogP contribution is -2.10. The Morgan fingerprint density at radius 3 is 2.24 bits per heavy atom. The second-order valence-corrected chi connectivity index (χ2v) is 6.37. The van der Waals surface area contributed by atoms with Crippen molar-refractivity contribution in [2.75, 3.05) is 0 Å². The van der Waals surface area contributed by atoms with Crippen molar-refractivity contribution in [3.63, 3.8) is 0 Å². The van der Waals surface area contributed by atoms with Gasteiger partial charge in [0.05, 0.1) is 6.07 Å². The van der Waals surface area contributed by atoms with E-state index in [0.29, 0.717) is 6.42 Å². The molecule has 3 heteroatoms. The third-order valence-corrected chi connectivity index (χ3v) is 4.21. The molecule has 0 N–H and O–H groups in total. The number of carbonyl (C=O) groups excluding carboxylic acids is 1. The molecule has 0 aliphatic heterocycles. The number of nitriles is 1. The highest BCUT2D eigenvalue weighted by molar-refractivity contribution is 9.10. The van der Waals surface area contributed by atoms with Crippen molar-refractivity contribution in [2.24, 2.45) is 0 Å². The van der Waals surface area contributed by atoms with Crippen molar-refractivity contribution in [1.29, 1.82) is 5.26 Å². The molecule has 0 spiro atoms. The lowest BCUT2D eigenvalue weighted by atomic mass is 9.93. The highest BCUT2D eigenvalue weighted by atomic mass is 79.9. The monoisotopic (exact) mass is 349 g/mol. The molecule has 2 nitrogen and oxygen atoms in total. The summed E-state index contributed by atoms with van der Waals surface area (Å²) in [5.41, 5.74) is 0.800. The predicted octanol–water partition coefficient (Wildman–Crippen LogP) is 5.77. The first-order valence-corrected chi connectivity index (χ1v) is 8.66. The highest BCUT2D eigenvalue weighted by Crippen LogP contribution is 2.21. The first-order chi connectivity index (χ1) is 10.2. The molecule has 21 heavy (non-hydrogen) atoms. The van der Waals surface area contributed by atoms with Gasteiger partial charge in [0.15, 0.2) is 5.78 Å². The standard InChI is InChI=1S/C18H24BrNO/c1-2-3-4-5-6-7-8-9-18(21)17(14-20)15-10-12-16(19)13-11-15/h10-13,17H,2-9H2,1H3. The summed E-state index contributed by atoms with van der Waals surface area (Å²) in [5.74, 6) is -0.563. The van der Waals surface area contributed by atoms with Gasteiger partial charge >= 0.3 is 0 Å². The van der Waals surface area contributed by atoms with Crippen LogP contribution in [0.25, 0.3) is 0 Å². The summed E-state index contributed by atoms with van der Waals surface area (Å²) in [6.07, 6.45) is 8.83. The molecule has 0 aromatic heterocycles. The summed E-state index contributed by atoms with van der Waals surface area (Å²) in [7, 11) is 0. The Balaban J connectivity index is 2.32. The van der Waals surface area contributed by atoms with Gasteiger partial charge in [0, 0.05) is 10.9 Å². The number of nitrogens with zero attached hydrogens (tertiary/aromatic N) is 1. The van der Waals surface area contributed by atoms with Crippen molar-refractivity contribution in [1.82, 2.24) is 0 Å². The van der Waals surface area contributed by atoms with E-state index in [1.165, 1.54) is 32.1 Å². The van der Waals surface area contributed by atoms with Gasteiger partial charge in [-0.2, -0.15) is 5.26 Å². The fourth-order valence-electron chi connectivity index (χ4n) is 2.39. The molecule has 1 unspecified atom stereocenters. The van der Waals surface area contributed by atoms with E-state index >= 15 is 0 Å². The predicted molar refractivity (Wildman–Crippen MR) is 90.1 cm³/mol. The Labute approximate surface area is 136 Å². The van der Waals surface area contributed by atoms with Crippen molar-refractivity contribution in [3.05, 3.63) is 34.3 Å². The molecule has 0 amide bonds. The van der Waals surface area contributed by atoms with Crippen molar-refractivity contribution < 1.29 is 4.79 Å². The number of carbonyl (C=O) groups is 1. The molecule has 0 heterocycles. The van der Waals surface area contributed by atoms with Crippen LogP contribution in [0, 0.1) is 11.3 Å². The topological polar surface area (TPSA) is 40.9 Å². The molecule has 1 aromatic rings. The zero-order valence-corrected chi connectivity index (χ0v) is 14.4. The molecule has 0 bridgehead atoms. The van der Waals surface area contributed by atoms with E-state index in [4.69, 9.17) is 0 Å². The highest BCUT2D eigenvalue weighted by Gasteiger charge is 2.19. The summed E-state index contributed by atoms with van der Waals surface area (Å²) in [6.45, 7) is 2.21. The number of halogens is 1. The maximum absolute atomic E-state index is 12.2. The van der Waals surface area contributed by atoms with Crippen LogP contribution in [0.2, 0.25) is 0 Å². The van der Waals surface area contributed by atoms with E-state index < -0.39 is 5.92 Å². The summed E-state index contributed by atoms with van der Waals surface area (Å²) in [5, 5.41) is 9.24. The van der Waals surface area contributed by atoms with Crippen molar-refractivity contribution in [3.8, 4) is 6.07 Å². The first-order valence-electron chi connectivity index (χ1n) is 7.86. The Morgan fingerprint density at radius 1 is 1.10 bits per heavy atom. The minimum Gasteiger partial charge on any atom is -0.298 e. The van der Waals surface area contributed by atoms with E-state index in [0.717, 1.165) is 22.9 Å². The van der Waals surface area contributed by atoms with Crippen LogP contribution in [0.5, 0.6) is 0 Å². The number of ketones is 1. The lowest BCUT2D eigenvalue weighted by molar-refractivity contribution is -0.119. The molecule has 114 valence electrons. The van der Waals surface area contributed by atoms with Crippen LogP contribution < -0.4 is 0 Å². The zero-order valence-electron chi connectivity index (χ0n) is 12.8. The van der Waals surface area contributed by atoms with Gasteiger partial charge in [0.1, 0.15) is 5.92 Å². The van der Waals surface area contributed by atoms with E-state index in [1.807, 2.05) is 24.3 Å². The van der Waals surface area contributed by atoms with Crippen LogP contribution in [-0.2, 0) is 4.79 Å². The molecule has 0 saturated heterocycles. The fourth-order valence-corrected chi connectivity index (χ4v) is 2.65. The number of hydrogen-bond donors (Lipinski definition) is 0. The van der Waals surface area contributed by atoms with Crippen LogP contribution in [0.15, 0.2) is 28.7 Å².